The molecule has 0 amide bonds. The van der Waals surface area contributed by atoms with Crippen molar-refractivity contribution in [2.75, 3.05) is 26.4 Å². The first-order valence-electron chi connectivity index (χ1n) is 8.44. The summed E-state index contributed by atoms with van der Waals surface area (Å²) in [6.07, 6.45) is 4.99. The predicted molar refractivity (Wildman–Crippen MR) is 90.9 cm³/mol. The van der Waals surface area contributed by atoms with Gasteiger partial charge in [0.1, 0.15) is 6.33 Å². The largest absolute Gasteiger partial charge is 0.378 e. The van der Waals surface area contributed by atoms with Crippen molar-refractivity contribution in [3.8, 4) is 11.4 Å². The molecule has 0 saturated carbocycles. The lowest BCUT2D eigenvalue weighted by molar-refractivity contribution is -0.0395. The Morgan fingerprint density at radius 2 is 2.17 bits per heavy atom. The van der Waals surface area contributed by atoms with Gasteiger partial charge in [-0.1, -0.05) is 11.6 Å². The normalized spacial score (nSPS) is 24.9. The number of benzene rings is 1. The molecule has 0 spiro atoms. The van der Waals surface area contributed by atoms with Crippen LogP contribution in [-0.4, -0.2) is 41.1 Å². The van der Waals surface area contributed by atoms with Gasteiger partial charge in [-0.2, -0.15) is 0 Å². The molecule has 0 bridgehead atoms. The molecule has 7 heteroatoms. The summed E-state index contributed by atoms with van der Waals surface area (Å²) in [6, 6.07) is 6.11. The Hall–Kier alpha value is -1.47. The van der Waals surface area contributed by atoms with Gasteiger partial charge in [-0.05, 0) is 43.0 Å². The van der Waals surface area contributed by atoms with Crippen LogP contribution in [0.15, 0.2) is 24.5 Å². The number of hydrogen-bond acceptors (Lipinski definition) is 5. The molecule has 24 heavy (non-hydrogen) atoms. The lowest BCUT2D eigenvalue weighted by Gasteiger charge is -2.24. The minimum atomic E-state index is -0.00735. The van der Waals surface area contributed by atoms with Gasteiger partial charge in [0.05, 0.1) is 19.3 Å². The first-order valence-corrected chi connectivity index (χ1v) is 8.82. The summed E-state index contributed by atoms with van der Waals surface area (Å²) in [7, 11) is 0. The van der Waals surface area contributed by atoms with Crippen LogP contribution in [0.2, 0.25) is 5.02 Å². The highest BCUT2D eigenvalue weighted by Gasteiger charge is 2.20. The van der Waals surface area contributed by atoms with Crippen LogP contribution in [-0.2, 0) is 9.47 Å². The lowest BCUT2D eigenvalue weighted by atomic mass is 10.0. The van der Waals surface area contributed by atoms with E-state index in [0.29, 0.717) is 17.5 Å². The third-order valence-electron chi connectivity index (χ3n) is 4.46. The zero-order valence-electron chi connectivity index (χ0n) is 13.4. The smallest absolute Gasteiger partial charge is 0.181 e. The summed E-state index contributed by atoms with van der Waals surface area (Å²) in [5.74, 6) is 0.671. The highest BCUT2D eigenvalue weighted by atomic mass is 35.5. The summed E-state index contributed by atoms with van der Waals surface area (Å²) in [5, 5.41) is 8.73. The van der Waals surface area contributed by atoms with E-state index in [-0.39, 0.29) is 12.3 Å². The number of ether oxygens (including phenoxy) is 2. The maximum Gasteiger partial charge on any atom is 0.181 e. The minimum Gasteiger partial charge on any atom is -0.378 e. The van der Waals surface area contributed by atoms with E-state index >= 15 is 0 Å². The van der Waals surface area contributed by atoms with E-state index in [0.717, 1.165) is 50.1 Å². The van der Waals surface area contributed by atoms with Gasteiger partial charge in [-0.15, -0.1) is 5.10 Å². The van der Waals surface area contributed by atoms with Gasteiger partial charge < -0.3 is 14.8 Å². The average molecular weight is 349 g/mol. The molecule has 2 unspecified atom stereocenters. The van der Waals surface area contributed by atoms with Crippen molar-refractivity contribution in [2.45, 2.75) is 31.5 Å². The molecule has 1 N–H and O–H groups in total. The molecule has 0 aliphatic carbocycles. The van der Waals surface area contributed by atoms with Gasteiger partial charge in [0.15, 0.2) is 12.1 Å². The number of nitrogens with one attached hydrogen (secondary N) is 1. The van der Waals surface area contributed by atoms with E-state index in [9.17, 15) is 0 Å². The van der Waals surface area contributed by atoms with Gasteiger partial charge in [0.25, 0.3) is 0 Å². The maximum absolute atomic E-state index is 6.32. The Morgan fingerprint density at radius 1 is 1.21 bits per heavy atom. The second-order valence-electron chi connectivity index (χ2n) is 6.22. The molecule has 1 aromatic carbocycles. The number of rotatable bonds is 3. The fourth-order valence-electron chi connectivity index (χ4n) is 3.20. The van der Waals surface area contributed by atoms with Crippen molar-refractivity contribution in [1.82, 2.24) is 20.1 Å². The van der Waals surface area contributed by atoms with Crippen LogP contribution in [0, 0.1) is 0 Å². The molecular formula is C17H21ClN4O2. The van der Waals surface area contributed by atoms with Crippen LogP contribution in [0.25, 0.3) is 11.4 Å². The highest BCUT2D eigenvalue weighted by Crippen LogP contribution is 2.28. The Labute approximate surface area is 146 Å². The van der Waals surface area contributed by atoms with E-state index < -0.39 is 0 Å². The fraction of sp³-hybridized carbons (Fsp3) is 0.529. The molecular weight excluding hydrogens is 328 g/mol. The van der Waals surface area contributed by atoms with Crippen molar-refractivity contribution < 1.29 is 9.47 Å². The summed E-state index contributed by atoms with van der Waals surface area (Å²) >= 11 is 6.32. The van der Waals surface area contributed by atoms with Gasteiger partial charge in [0.2, 0.25) is 0 Å². The van der Waals surface area contributed by atoms with E-state index in [4.69, 9.17) is 21.1 Å². The monoisotopic (exact) mass is 348 g/mol. The van der Waals surface area contributed by atoms with E-state index in [1.165, 1.54) is 0 Å². The molecule has 1 aromatic heterocycles. The van der Waals surface area contributed by atoms with Crippen molar-refractivity contribution >= 4 is 11.6 Å². The standard InChI is InChI=1S/C17H21ClN4O2/c18-14-8-12(15-10-23-6-4-19-15)7-13(9-14)17-20-11-22(21-17)16-3-1-2-5-24-16/h7-9,11,15-16,19H,1-6,10H2. The van der Waals surface area contributed by atoms with Crippen LogP contribution < -0.4 is 5.32 Å². The second-order valence-corrected chi connectivity index (χ2v) is 6.66. The SMILES string of the molecule is Clc1cc(-c2ncn(C3CCCCO3)n2)cc(C2COCCN2)c1. The topological polar surface area (TPSA) is 61.2 Å². The Morgan fingerprint density at radius 3 is 2.96 bits per heavy atom. The molecule has 3 heterocycles. The van der Waals surface area contributed by atoms with Crippen LogP contribution in [0.1, 0.15) is 37.1 Å². The summed E-state index contributed by atoms with van der Waals surface area (Å²) < 4.78 is 13.1. The predicted octanol–water partition coefficient (Wildman–Crippen LogP) is 2.96. The average Bonchev–Trinajstić information content (AvgIpc) is 3.13. The lowest BCUT2D eigenvalue weighted by Crippen LogP contribution is -2.34. The second kappa shape index (κ2) is 7.19. The Balaban J connectivity index is 1.59. The summed E-state index contributed by atoms with van der Waals surface area (Å²) in [4.78, 5) is 4.45. The Bertz CT molecular complexity index is 694. The number of halogens is 1. The Kier molecular flexibility index (Phi) is 4.80. The molecule has 128 valence electrons. The fourth-order valence-corrected chi connectivity index (χ4v) is 3.44. The molecule has 6 nitrogen and oxygen atoms in total. The van der Waals surface area contributed by atoms with Crippen molar-refractivity contribution in [3.05, 3.63) is 35.1 Å². The molecule has 4 rings (SSSR count). The first-order chi connectivity index (χ1) is 11.8. The van der Waals surface area contributed by atoms with Crippen LogP contribution >= 0.6 is 11.6 Å². The number of nitrogens with zero attached hydrogens (tertiary/aromatic N) is 3. The van der Waals surface area contributed by atoms with Gasteiger partial charge in [-0.25, -0.2) is 9.67 Å². The van der Waals surface area contributed by atoms with Gasteiger partial charge in [-0.3, -0.25) is 0 Å². The number of aromatic nitrogens is 3. The van der Waals surface area contributed by atoms with Crippen LogP contribution in [0.4, 0.5) is 0 Å². The quantitative estimate of drug-likeness (QED) is 0.924. The summed E-state index contributed by atoms with van der Waals surface area (Å²) in [5.41, 5.74) is 2.02. The summed E-state index contributed by atoms with van der Waals surface area (Å²) in [6.45, 7) is 3.03. The van der Waals surface area contributed by atoms with E-state index in [2.05, 4.69) is 21.5 Å². The van der Waals surface area contributed by atoms with Gasteiger partial charge >= 0.3 is 0 Å². The van der Waals surface area contributed by atoms with Crippen molar-refractivity contribution in [1.29, 1.82) is 0 Å². The number of hydrogen-bond donors (Lipinski definition) is 1. The molecule has 2 aromatic rings. The van der Waals surface area contributed by atoms with Gasteiger partial charge in [0, 0.05) is 23.7 Å². The zero-order valence-corrected chi connectivity index (χ0v) is 14.2. The van der Waals surface area contributed by atoms with E-state index in [1.54, 1.807) is 6.33 Å². The zero-order chi connectivity index (χ0) is 16.4. The van der Waals surface area contributed by atoms with E-state index in [1.807, 2.05) is 16.8 Å². The minimum absolute atomic E-state index is 0.00735. The third kappa shape index (κ3) is 3.47. The van der Waals surface area contributed by atoms with Crippen molar-refractivity contribution in [3.63, 3.8) is 0 Å². The first kappa shape index (κ1) is 16.0. The molecule has 2 saturated heterocycles. The molecule has 2 fully saturated rings. The number of morpholine rings is 1. The third-order valence-corrected chi connectivity index (χ3v) is 4.68. The van der Waals surface area contributed by atoms with Crippen LogP contribution in [0.5, 0.6) is 0 Å². The van der Waals surface area contributed by atoms with Crippen LogP contribution in [0.3, 0.4) is 0 Å². The molecule has 2 aliphatic rings. The highest BCUT2D eigenvalue weighted by molar-refractivity contribution is 6.30. The molecule has 0 radical (unpaired) electrons. The molecule has 2 atom stereocenters. The van der Waals surface area contributed by atoms with Crippen molar-refractivity contribution in [2.24, 2.45) is 0 Å². The maximum atomic E-state index is 6.32. The molecule has 2 aliphatic heterocycles.